The fourth-order valence-corrected chi connectivity index (χ4v) is 1.23. The number of esters is 1. The fourth-order valence-electron chi connectivity index (χ4n) is 1.23. The molecule has 16 heavy (non-hydrogen) atoms. The first-order valence-electron chi connectivity index (χ1n) is 4.76. The van der Waals surface area contributed by atoms with Gasteiger partial charge in [0.1, 0.15) is 11.4 Å². The standard InChI is InChI=1S/C10H13N3O3/c1-3-16-10(15)7-4-6(5-11)8(12-2)13-9(7)14/h4-5,11H,3H2,1-2H3,(H2,12,13,14). The van der Waals surface area contributed by atoms with E-state index >= 15 is 0 Å². The SMILES string of the molecule is CCOC(=O)c1cc(C=N)c(NC)[nH]c1=O. The zero-order valence-corrected chi connectivity index (χ0v) is 9.09. The van der Waals surface area contributed by atoms with Crippen molar-refractivity contribution in [3.8, 4) is 0 Å². The third-order valence-corrected chi connectivity index (χ3v) is 1.97. The Morgan fingerprint density at radius 1 is 1.69 bits per heavy atom. The molecule has 0 fully saturated rings. The minimum Gasteiger partial charge on any atom is -0.462 e. The van der Waals surface area contributed by atoms with Gasteiger partial charge >= 0.3 is 5.97 Å². The molecule has 1 aromatic rings. The Bertz CT molecular complexity index is 465. The van der Waals surface area contributed by atoms with Crippen molar-refractivity contribution in [3.05, 3.63) is 27.5 Å². The van der Waals surface area contributed by atoms with Crippen molar-refractivity contribution in [2.75, 3.05) is 19.0 Å². The molecule has 1 heterocycles. The second kappa shape index (κ2) is 5.11. The Hall–Kier alpha value is -2.11. The molecular weight excluding hydrogens is 210 g/mol. The lowest BCUT2D eigenvalue weighted by molar-refractivity contribution is 0.0524. The first-order valence-corrected chi connectivity index (χ1v) is 4.76. The van der Waals surface area contributed by atoms with E-state index in [1.807, 2.05) is 0 Å². The number of hydrogen-bond donors (Lipinski definition) is 3. The molecule has 0 aromatic carbocycles. The van der Waals surface area contributed by atoms with E-state index in [0.717, 1.165) is 6.21 Å². The molecule has 1 rings (SSSR count). The van der Waals surface area contributed by atoms with E-state index in [0.29, 0.717) is 11.4 Å². The van der Waals surface area contributed by atoms with Crippen LogP contribution in [-0.2, 0) is 4.74 Å². The number of carbonyl (C=O) groups is 1. The highest BCUT2D eigenvalue weighted by molar-refractivity contribution is 5.93. The molecule has 0 aliphatic heterocycles. The van der Waals surface area contributed by atoms with Gasteiger partial charge < -0.3 is 20.4 Å². The maximum atomic E-state index is 11.5. The lowest BCUT2D eigenvalue weighted by Crippen LogP contribution is -2.21. The van der Waals surface area contributed by atoms with Crippen LogP contribution in [-0.4, -0.2) is 30.8 Å². The highest BCUT2D eigenvalue weighted by Gasteiger charge is 2.14. The van der Waals surface area contributed by atoms with Crippen LogP contribution in [0, 0.1) is 5.41 Å². The van der Waals surface area contributed by atoms with Crippen molar-refractivity contribution in [1.82, 2.24) is 4.98 Å². The van der Waals surface area contributed by atoms with Gasteiger partial charge in [0.15, 0.2) is 0 Å². The molecule has 6 nitrogen and oxygen atoms in total. The normalized spacial score (nSPS) is 9.62. The average Bonchev–Trinajstić information content (AvgIpc) is 2.28. The van der Waals surface area contributed by atoms with Crippen LogP contribution in [0.5, 0.6) is 0 Å². The van der Waals surface area contributed by atoms with Crippen LogP contribution in [0.25, 0.3) is 0 Å². The number of ether oxygens (including phenoxy) is 1. The van der Waals surface area contributed by atoms with E-state index in [4.69, 9.17) is 10.1 Å². The molecule has 0 saturated heterocycles. The van der Waals surface area contributed by atoms with Crippen LogP contribution in [0.3, 0.4) is 0 Å². The number of H-pyrrole nitrogens is 1. The highest BCUT2D eigenvalue weighted by atomic mass is 16.5. The molecule has 1 aromatic heterocycles. The molecule has 0 spiro atoms. The van der Waals surface area contributed by atoms with Crippen LogP contribution in [0.2, 0.25) is 0 Å². The van der Waals surface area contributed by atoms with Gasteiger partial charge in [-0.1, -0.05) is 0 Å². The molecular formula is C10H13N3O3. The Balaban J connectivity index is 3.26. The Kier molecular flexibility index (Phi) is 3.82. The monoisotopic (exact) mass is 223 g/mol. The highest BCUT2D eigenvalue weighted by Crippen LogP contribution is 2.08. The molecule has 0 unspecified atom stereocenters. The van der Waals surface area contributed by atoms with Gasteiger partial charge in [-0.25, -0.2) is 4.79 Å². The molecule has 3 N–H and O–H groups in total. The van der Waals surface area contributed by atoms with E-state index in [1.165, 1.54) is 6.07 Å². The van der Waals surface area contributed by atoms with Crippen LogP contribution in [0.15, 0.2) is 10.9 Å². The molecule has 0 bridgehead atoms. The molecule has 0 atom stereocenters. The number of rotatable bonds is 4. The van der Waals surface area contributed by atoms with Gasteiger partial charge in [-0.2, -0.15) is 0 Å². The number of nitrogens with one attached hydrogen (secondary N) is 3. The number of aromatic amines is 1. The molecule has 0 aliphatic rings. The molecule has 0 saturated carbocycles. The van der Waals surface area contributed by atoms with Crippen molar-refractivity contribution >= 4 is 18.0 Å². The largest absolute Gasteiger partial charge is 0.462 e. The number of aromatic nitrogens is 1. The first-order chi connectivity index (χ1) is 7.63. The predicted molar refractivity (Wildman–Crippen MR) is 60.5 cm³/mol. The summed E-state index contributed by atoms with van der Waals surface area (Å²) in [4.78, 5) is 25.4. The van der Waals surface area contributed by atoms with Crippen LogP contribution in [0.4, 0.5) is 5.82 Å². The van der Waals surface area contributed by atoms with Gasteiger partial charge in [-0.15, -0.1) is 0 Å². The van der Waals surface area contributed by atoms with E-state index < -0.39 is 11.5 Å². The van der Waals surface area contributed by atoms with Gasteiger partial charge in [0, 0.05) is 18.8 Å². The van der Waals surface area contributed by atoms with Gasteiger partial charge in [-0.05, 0) is 13.0 Å². The summed E-state index contributed by atoms with van der Waals surface area (Å²) in [7, 11) is 1.61. The second-order valence-corrected chi connectivity index (χ2v) is 2.96. The number of pyridine rings is 1. The van der Waals surface area contributed by atoms with Crippen LogP contribution < -0.4 is 10.9 Å². The predicted octanol–water partition coefficient (Wildman–Crippen LogP) is 0.591. The molecule has 6 heteroatoms. The smallest absolute Gasteiger partial charge is 0.343 e. The van der Waals surface area contributed by atoms with Gasteiger partial charge in [-0.3, -0.25) is 4.79 Å². The Morgan fingerprint density at radius 3 is 2.88 bits per heavy atom. The van der Waals surface area contributed by atoms with Crippen molar-refractivity contribution in [2.45, 2.75) is 6.92 Å². The summed E-state index contributed by atoms with van der Waals surface area (Å²) < 4.78 is 4.73. The summed E-state index contributed by atoms with van der Waals surface area (Å²) in [5.41, 5.74) is -0.210. The maximum absolute atomic E-state index is 11.5. The van der Waals surface area contributed by atoms with E-state index in [2.05, 4.69) is 10.3 Å². The molecule has 0 amide bonds. The summed E-state index contributed by atoms with van der Waals surface area (Å²) in [6, 6.07) is 1.33. The third-order valence-electron chi connectivity index (χ3n) is 1.97. The minimum absolute atomic E-state index is 0.0978. The van der Waals surface area contributed by atoms with Crippen molar-refractivity contribution in [2.24, 2.45) is 0 Å². The van der Waals surface area contributed by atoms with Gasteiger partial charge in [0.2, 0.25) is 0 Å². The first kappa shape index (κ1) is 12.0. The lowest BCUT2D eigenvalue weighted by atomic mass is 10.2. The zero-order valence-electron chi connectivity index (χ0n) is 9.09. The van der Waals surface area contributed by atoms with Crippen molar-refractivity contribution < 1.29 is 9.53 Å². The quantitative estimate of drug-likeness (QED) is 0.514. The summed E-state index contributed by atoms with van der Waals surface area (Å²) >= 11 is 0. The summed E-state index contributed by atoms with van der Waals surface area (Å²) in [6.45, 7) is 1.86. The molecule has 0 radical (unpaired) electrons. The Labute approximate surface area is 92.1 Å². The zero-order chi connectivity index (χ0) is 12.1. The van der Waals surface area contributed by atoms with E-state index in [1.54, 1.807) is 14.0 Å². The second-order valence-electron chi connectivity index (χ2n) is 2.96. The number of carbonyl (C=O) groups excluding carboxylic acids is 1. The summed E-state index contributed by atoms with van der Waals surface area (Å²) in [5.74, 6) is -0.289. The average molecular weight is 223 g/mol. The molecule has 0 aliphatic carbocycles. The Morgan fingerprint density at radius 2 is 2.38 bits per heavy atom. The van der Waals surface area contributed by atoms with E-state index in [9.17, 15) is 9.59 Å². The number of hydrogen-bond acceptors (Lipinski definition) is 5. The maximum Gasteiger partial charge on any atom is 0.343 e. The van der Waals surface area contributed by atoms with Crippen molar-refractivity contribution in [3.63, 3.8) is 0 Å². The molecule has 86 valence electrons. The minimum atomic E-state index is -0.686. The van der Waals surface area contributed by atoms with Crippen LogP contribution >= 0.6 is 0 Å². The number of anilines is 1. The van der Waals surface area contributed by atoms with Gasteiger partial charge in [0.25, 0.3) is 5.56 Å². The summed E-state index contributed by atoms with van der Waals surface area (Å²) in [6.07, 6.45) is 1.05. The third kappa shape index (κ3) is 2.28. The van der Waals surface area contributed by atoms with Crippen molar-refractivity contribution in [1.29, 1.82) is 5.41 Å². The van der Waals surface area contributed by atoms with Gasteiger partial charge in [0.05, 0.1) is 6.61 Å². The van der Waals surface area contributed by atoms with E-state index in [-0.39, 0.29) is 12.2 Å². The lowest BCUT2D eigenvalue weighted by Gasteiger charge is -2.06. The van der Waals surface area contributed by atoms with Crippen LogP contribution in [0.1, 0.15) is 22.8 Å². The topological polar surface area (TPSA) is 95.0 Å². The summed E-state index contributed by atoms with van der Waals surface area (Å²) in [5, 5.41) is 9.89. The fraction of sp³-hybridized carbons (Fsp3) is 0.300.